The maximum Gasteiger partial charge on any atom is 0.347 e. The molecule has 0 N–H and O–H groups in total. The van der Waals surface area contributed by atoms with Crippen molar-refractivity contribution < 1.29 is 9.34 Å². The van der Waals surface area contributed by atoms with Gasteiger partial charge >= 0.3 is 5.63 Å². The van der Waals surface area contributed by atoms with Crippen LogP contribution < -0.4 is 5.63 Å². The number of benzene rings is 2. The van der Waals surface area contributed by atoms with E-state index >= 15 is 0 Å². The van der Waals surface area contributed by atoms with Crippen molar-refractivity contribution in [1.82, 2.24) is 4.98 Å². The van der Waals surface area contributed by atoms with Crippen molar-refractivity contribution in [2.24, 2.45) is 0 Å². The predicted octanol–water partition coefficient (Wildman–Crippen LogP) is 4.49. The number of nitro groups is 1. The van der Waals surface area contributed by atoms with Gasteiger partial charge in [0.1, 0.15) is 10.1 Å². The van der Waals surface area contributed by atoms with E-state index in [1.165, 1.54) is 18.2 Å². The van der Waals surface area contributed by atoms with Gasteiger partial charge in [0.2, 0.25) is 5.89 Å². The lowest BCUT2D eigenvalue weighted by molar-refractivity contribution is -0.384. The Morgan fingerprint density at radius 1 is 1.25 bits per heavy atom. The van der Waals surface area contributed by atoms with E-state index in [4.69, 9.17) is 27.6 Å². The van der Waals surface area contributed by atoms with Gasteiger partial charge in [-0.05, 0) is 29.8 Å². The molecule has 0 unspecified atom stereocenters. The summed E-state index contributed by atoms with van der Waals surface area (Å²) >= 11 is 11.9. The van der Waals surface area contributed by atoms with Crippen LogP contribution in [0.25, 0.3) is 22.0 Å². The minimum Gasteiger partial charge on any atom is -0.402 e. The largest absolute Gasteiger partial charge is 0.402 e. The highest BCUT2D eigenvalue weighted by Crippen LogP contribution is 2.28. The molecule has 1 heterocycles. The second-order valence-electron chi connectivity index (χ2n) is 4.78. The van der Waals surface area contributed by atoms with Crippen molar-refractivity contribution in [2.75, 3.05) is 0 Å². The molecule has 120 valence electrons. The van der Waals surface area contributed by atoms with Crippen LogP contribution in [0.5, 0.6) is 0 Å². The lowest BCUT2D eigenvalue weighted by atomic mass is 10.2. The quantitative estimate of drug-likeness (QED) is 0.506. The normalized spacial score (nSPS) is 11.7. The van der Waals surface area contributed by atoms with Crippen LogP contribution in [0, 0.1) is 10.1 Å². The molecule has 3 rings (SSSR count). The summed E-state index contributed by atoms with van der Waals surface area (Å²) in [6.45, 7) is 0. The van der Waals surface area contributed by atoms with Crippen LogP contribution in [0.2, 0.25) is 5.02 Å². The van der Waals surface area contributed by atoms with Gasteiger partial charge in [-0.2, -0.15) is 0 Å². The van der Waals surface area contributed by atoms with E-state index in [-0.39, 0.29) is 21.6 Å². The van der Waals surface area contributed by atoms with Crippen LogP contribution in [-0.2, 0) is 0 Å². The molecule has 0 amide bonds. The van der Waals surface area contributed by atoms with Crippen LogP contribution in [0.1, 0.15) is 11.5 Å². The first kappa shape index (κ1) is 16.2. The van der Waals surface area contributed by atoms with Gasteiger partial charge in [-0.1, -0.05) is 41.4 Å². The highest BCUT2D eigenvalue weighted by atomic mass is 35.5. The summed E-state index contributed by atoms with van der Waals surface area (Å²) in [6, 6.07) is 10.9. The van der Waals surface area contributed by atoms with E-state index in [0.29, 0.717) is 16.5 Å². The number of fused-ring (bicyclic) bond motifs is 1. The smallest absolute Gasteiger partial charge is 0.347 e. The molecule has 0 spiro atoms. The molecule has 24 heavy (non-hydrogen) atoms. The van der Waals surface area contributed by atoms with E-state index < -0.39 is 10.5 Å². The number of rotatable bonds is 3. The molecule has 0 atom stereocenters. The topological polar surface area (TPSA) is 86.2 Å². The lowest BCUT2D eigenvalue weighted by Gasteiger charge is -2.01. The number of nitro benzene ring substituents is 1. The third-order valence-electron chi connectivity index (χ3n) is 3.20. The van der Waals surface area contributed by atoms with Gasteiger partial charge in [-0.15, -0.1) is 0 Å². The SMILES string of the molecule is O=c1oc(/C(Cl)=C/c2ccc(Cl)c([N+](=O)[O-])c2)nc2ccccc12. The van der Waals surface area contributed by atoms with Gasteiger partial charge in [0.25, 0.3) is 5.69 Å². The number of hydrogen-bond donors (Lipinski definition) is 0. The first-order valence-electron chi connectivity index (χ1n) is 6.67. The third kappa shape index (κ3) is 3.15. The molecule has 2 aromatic carbocycles. The Morgan fingerprint density at radius 2 is 2.00 bits per heavy atom. The summed E-state index contributed by atoms with van der Waals surface area (Å²) in [6.07, 6.45) is 1.41. The summed E-state index contributed by atoms with van der Waals surface area (Å²) < 4.78 is 5.10. The first-order chi connectivity index (χ1) is 11.5. The fourth-order valence-electron chi connectivity index (χ4n) is 2.09. The van der Waals surface area contributed by atoms with Crippen LogP contribution in [0.15, 0.2) is 51.7 Å². The Hall–Kier alpha value is -2.70. The Morgan fingerprint density at radius 3 is 2.75 bits per heavy atom. The van der Waals surface area contributed by atoms with Crippen molar-refractivity contribution in [3.8, 4) is 0 Å². The van der Waals surface area contributed by atoms with E-state index in [9.17, 15) is 14.9 Å². The molecule has 3 aromatic rings. The molecule has 0 aliphatic rings. The maximum absolute atomic E-state index is 11.9. The van der Waals surface area contributed by atoms with Crippen LogP contribution in [0.3, 0.4) is 0 Å². The van der Waals surface area contributed by atoms with Crippen molar-refractivity contribution in [2.45, 2.75) is 0 Å². The van der Waals surface area contributed by atoms with Crippen molar-refractivity contribution in [3.05, 3.63) is 79.5 Å². The zero-order chi connectivity index (χ0) is 17.3. The fraction of sp³-hybridized carbons (Fsp3) is 0. The van der Waals surface area contributed by atoms with E-state index in [1.807, 2.05) is 0 Å². The Kier molecular flexibility index (Phi) is 4.33. The zero-order valence-electron chi connectivity index (χ0n) is 11.9. The molecule has 0 radical (unpaired) electrons. The summed E-state index contributed by atoms with van der Waals surface area (Å²) in [5.41, 5.74) is 0.0538. The van der Waals surface area contributed by atoms with Gasteiger partial charge in [0.15, 0.2) is 0 Å². The molecule has 1 aromatic heterocycles. The Bertz CT molecular complexity index is 1040. The molecule has 0 fully saturated rings. The van der Waals surface area contributed by atoms with Crippen molar-refractivity contribution >= 4 is 50.9 Å². The molecule has 0 saturated heterocycles. The zero-order valence-corrected chi connectivity index (χ0v) is 13.4. The lowest BCUT2D eigenvalue weighted by Crippen LogP contribution is -2.03. The molecule has 8 heteroatoms. The molecular formula is C16H8Cl2N2O4. The van der Waals surface area contributed by atoms with Crippen LogP contribution >= 0.6 is 23.2 Å². The van der Waals surface area contributed by atoms with E-state index in [0.717, 1.165) is 0 Å². The standard InChI is InChI=1S/C16H8Cl2N2O4/c17-11-6-5-9(8-14(11)20(22)23)7-12(18)15-19-13-4-2-1-3-10(13)16(21)24-15/h1-8H/b12-7-. The molecule has 6 nitrogen and oxygen atoms in total. The van der Waals surface area contributed by atoms with Gasteiger partial charge in [-0.3, -0.25) is 10.1 Å². The predicted molar refractivity (Wildman–Crippen MR) is 92.1 cm³/mol. The number of halogens is 2. The summed E-state index contributed by atoms with van der Waals surface area (Å²) in [4.78, 5) is 26.4. The average molecular weight is 363 g/mol. The maximum atomic E-state index is 11.9. The summed E-state index contributed by atoms with van der Waals surface area (Å²) in [5, 5.41) is 11.3. The first-order valence-corrected chi connectivity index (χ1v) is 7.42. The van der Waals surface area contributed by atoms with Crippen molar-refractivity contribution in [3.63, 3.8) is 0 Å². The summed E-state index contributed by atoms with van der Waals surface area (Å²) in [5.74, 6) is -0.0713. The van der Waals surface area contributed by atoms with Gasteiger partial charge in [-0.25, -0.2) is 9.78 Å². The molecular weight excluding hydrogens is 355 g/mol. The minimum absolute atomic E-state index is 0.0173. The second kappa shape index (κ2) is 6.43. The van der Waals surface area contributed by atoms with E-state index in [1.54, 1.807) is 30.3 Å². The molecule has 0 aliphatic carbocycles. The number of nitrogens with zero attached hydrogens (tertiary/aromatic N) is 2. The van der Waals surface area contributed by atoms with Gasteiger partial charge in [0, 0.05) is 6.07 Å². The molecule has 0 saturated carbocycles. The van der Waals surface area contributed by atoms with E-state index in [2.05, 4.69) is 4.98 Å². The summed E-state index contributed by atoms with van der Waals surface area (Å²) in [7, 11) is 0. The Labute approximate surface area is 145 Å². The molecule has 0 bridgehead atoms. The van der Waals surface area contributed by atoms with Crippen LogP contribution in [-0.4, -0.2) is 9.91 Å². The number of aromatic nitrogens is 1. The highest BCUT2D eigenvalue weighted by Gasteiger charge is 2.13. The second-order valence-corrected chi connectivity index (χ2v) is 5.60. The van der Waals surface area contributed by atoms with Crippen LogP contribution in [0.4, 0.5) is 5.69 Å². The highest BCUT2D eigenvalue weighted by molar-refractivity contribution is 6.50. The Balaban J connectivity index is 2.07. The third-order valence-corrected chi connectivity index (χ3v) is 3.79. The average Bonchev–Trinajstić information content (AvgIpc) is 2.56. The van der Waals surface area contributed by atoms with Gasteiger partial charge in [0.05, 0.1) is 15.8 Å². The van der Waals surface area contributed by atoms with Gasteiger partial charge < -0.3 is 4.42 Å². The fourth-order valence-corrected chi connectivity index (χ4v) is 2.48. The monoisotopic (exact) mass is 362 g/mol. The number of hydrogen-bond acceptors (Lipinski definition) is 5. The molecule has 0 aliphatic heterocycles. The number of para-hydroxylation sites is 1. The van der Waals surface area contributed by atoms with Crippen molar-refractivity contribution in [1.29, 1.82) is 0 Å². The minimum atomic E-state index is -0.595.